The third-order valence-electron chi connectivity index (χ3n) is 2.76. The average Bonchev–Trinajstić information content (AvgIpc) is 2.28. The third kappa shape index (κ3) is 2.22. The van der Waals surface area contributed by atoms with Crippen molar-refractivity contribution < 1.29 is 4.21 Å². The van der Waals surface area contributed by atoms with Gasteiger partial charge in [-0.2, -0.15) is 0 Å². The molecule has 0 radical (unpaired) electrons. The molecule has 1 fully saturated rings. The van der Waals surface area contributed by atoms with Crippen LogP contribution in [-0.2, 0) is 10.8 Å². The van der Waals surface area contributed by atoms with E-state index in [0.717, 1.165) is 40.4 Å². The molecule has 0 amide bonds. The van der Waals surface area contributed by atoms with E-state index in [2.05, 4.69) is 25.8 Å². The normalized spacial score (nSPS) is 17.8. The molecule has 4 nitrogen and oxygen atoms in total. The van der Waals surface area contributed by atoms with Gasteiger partial charge in [0, 0.05) is 35.4 Å². The van der Waals surface area contributed by atoms with Crippen molar-refractivity contribution in [3.63, 3.8) is 0 Å². The van der Waals surface area contributed by atoms with E-state index < -0.39 is 10.8 Å². The number of nitrogens with zero attached hydrogens (tertiary/aromatic N) is 2. The fourth-order valence-corrected chi connectivity index (χ4v) is 3.28. The summed E-state index contributed by atoms with van der Waals surface area (Å²) < 4.78 is 12.2. The minimum absolute atomic E-state index is 0.660. The van der Waals surface area contributed by atoms with E-state index in [0.29, 0.717) is 5.69 Å². The van der Waals surface area contributed by atoms with Crippen molar-refractivity contribution >= 4 is 38.2 Å². The van der Waals surface area contributed by atoms with Gasteiger partial charge in [0.1, 0.15) is 5.82 Å². The summed E-state index contributed by atoms with van der Waals surface area (Å²) in [6.07, 6.45) is 1.68. The highest BCUT2D eigenvalue weighted by molar-refractivity contribution is 9.10. The molecule has 1 aliphatic rings. The van der Waals surface area contributed by atoms with E-state index in [4.69, 9.17) is 5.73 Å². The Bertz CT molecular complexity index is 428. The predicted molar refractivity (Wildman–Crippen MR) is 71.2 cm³/mol. The minimum Gasteiger partial charge on any atom is -0.397 e. The van der Waals surface area contributed by atoms with Crippen LogP contribution in [0.25, 0.3) is 0 Å². The number of hydrogen-bond acceptors (Lipinski definition) is 4. The molecule has 1 aromatic heterocycles. The van der Waals surface area contributed by atoms with Crippen LogP contribution in [0, 0.1) is 6.92 Å². The summed E-state index contributed by atoms with van der Waals surface area (Å²) in [6, 6.07) is 0. The Balaban J connectivity index is 2.27. The van der Waals surface area contributed by atoms with Gasteiger partial charge in [0.2, 0.25) is 0 Å². The van der Waals surface area contributed by atoms with Crippen LogP contribution in [0.1, 0.15) is 5.56 Å². The second kappa shape index (κ2) is 4.71. The van der Waals surface area contributed by atoms with Gasteiger partial charge < -0.3 is 10.6 Å². The highest BCUT2D eigenvalue weighted by Gasteiger charge is 2.19. The van der Waals surface area contributed by atoms with E-state index in [-0.39, 0.29) is 0 Å². The maximum Gasteiger partial charge on any atom is 0.143 e. The summed E-state index contributed by atoms with van der Waals surface area (Å²) in [7, 11) is -0.660. The first kappa shape index (κ1) is 11.9. The second-order valence-electron chi connectivity index (χ2n) is 3.81. The van der Waals surface area contributed by atoms with Gasteiger partial charge in [0.25, 0.3) is 0 Å². The molecule has 1 aliphatic heterocycles. The van der Waals surface area contributed by atoms with Gasteiger partial charge in [-0.25, -0.2) is 4.98 Å². The number of anilines is 2. The molecule has 0 aliphatic carbocycles. The van der Waals surface area contributed by atoms with E-state index in [1.165, 1.54) is 0 Å². The molecule has 2 heterocycles. The van der Waals surface area contributed by atoms with Crippen LogP contribution < -0.4 is 10.6 Å². The quantitative estimate of drug-likeness (QED) is 0.850. The summed E-state index contributed by atoms with van der Waals surface area (Å²) in [5.41, 5.74) is 7.48. The topological polar surface area (TPSA) is 59.2 Å². The molecule has 0 saturated carbocycles. The largest absolute Gasteiger partial charge is 0.397 e. The molecule has 88 valence electrons. The standard InChI is InChI=1S/C10H14BrN3OS/c1-7-8(12)6-13-10(9(7)11)14-2-4-16(15)5-3-14/h6H,2-5,12H2,1H3. The van der Waals surface area contributed by atoms with Crippen molar-refractivity contribution in [3.8, 4) is 0 Å². The molecule has 0 aromatic carbocycles. The van der Waals surface area contributed by atoms with Crippen LogP contribution in [0.5, 0.6) is 0 Å². The van der Waals surface area contributed by atoms with Crippen molar-refractivity contribution in [1.82, 2.24) is 4.98 Å². The molecule has 6 heteroatoms. The zero-order valence-electron chi connectivity index (χ0n) is 9.07. The van der Waals surface area contributed by atoms with Crippen molar-refractivity contribution in [1.29, 1.82) is 0 Å². The zero-order valence-corrected chi connectivity index (χ0v) is 11.5. The lowest BCUT2D eigenvalue weighted by Crippen LogP contribution is -2.38. The number of hydrogen-bond donors (Lipinski definition) is 1. The average molecular weight is 304 g/mol. The molecule has 0 bridgehead atoms. The lowest BCUT2D eigenvalue weighted by molar-refractivity contribution is 0.672. The molecular formula is C10H14BrN3OS. The highest BCUT2D eigenvalue weighted by Crippen LogP contribution is 2.30. The Labute approximate surface area is 106 Å². The summed E-state index contributed by atoms with van der Waals surface area (Å²) in [5, 5.41) is 0. The first-order chi connectivity index (χ1) is 7.59. The maximum absolute atomic E-state index is 11.3. The van der Waals surface area contributed by atoms with Crippen LogP contribution >= 0.6 is 15.9 Å². The Kier molecular flexibility index (Phi) is 3.49. The summed E-state index contributed by atoms with van der Waals surface area (Å²) in [5.74, 6) is 2.35. The zero-order chi connectivity index (χ0) is 11.7. The van der Waals surface area contributed by atoms with E-state index in [1.807, 2.05) is 6.92 Å². The van der Waals surface area contributed by atoms with Gasteiger partial charge in [-0.1, -0.05) is 0 Å². The summed E-state index contributed by atoms with van der Waals surface area (Å²) in [4.78, 5) is 6.49. The molecule has 1 saturated heterocycles. The van der Waals surface area contributed by atoms with Gasteiger partial charge in [-0.3, -0.25) is 4.21 Å². The van der Waals surface area contributed by atoms with Gasteiger partial charge in [0.15, 0.2) is 0 Å². The molecule has 0 atom stereocenters. The number of nitrogen functional groups attached to an aromatic ring is 1. The highest BCUT2D eigenvalue weighted by atomic mass is 79.9. The number of nitrogens with two attached hydrogens (primary N) is 1. The predicted octanol–water partition coefficient (Wildman–Crippen LogP) is 1.30. The van der Waals surface area contributed by atoms with Crippen LogP contribution in [0.2, 0.25) is 0 Å². The Hall–Kier alpha value is -0.620. The smallest absolute Gasteiger partial charge is 0.143 e. The Morgan fingerprint density at radius 1 is 1.50 bits per heavy atom. The molecular weight excluding hydrogens is 290 g/mol. The first-order valence-electron chi connectivity index (χ1n) is 5.10. The van der Waals surface area contributed by atoms with Crippen molar-refractivity contribution in [3.05, 3.63) is 16.2 Å². The Morgan fingerprint density at radius 3 is 2.75 bits per heavy atom. The van der Waals surface area contributed by atoms with Crippen LogP contribution in [0.3, 0.4) is 0 Å². The fraction of sp³-hybridized carbons (Fsp3) is 0.500. The van der Waals surface area contributed by atoms with E-state index >= 15 is 0 Å². The molecule has 0 spiro atoms. The first-order valence-corrected chi connectivity index (χ1v) is 7.38. The van der Waals surface area contributed by atoms with Gasteiger partial charge >= 0.3 is 0 Å². The number of rotatable bonds is 1. The van der Waals surface area contributed by atoms with Gasteiger partial charge in [-0.05, 0) is 28.4 Å². The Morgan fingerprint density at radius 2 is 2.12 bits per heavy atom. The van der Waals surface area contributed by atoms with Crippen LogP contribution in [0.15, 0.2) is 10.7 Å². The van der Waals surface area contributed by atoms with Crippen molar-refractivity contribution in [2.24, 2.45) is 0 Å². The number of aromatic nitrogens is 1. The summed E-state index contributed by atoms with van der Waals surface area (Å²) in [6.45, 7) is 3.55. The van der Waals surface area contributed by atoms with Crippen molar-refractivity contribution in [2.45, 2.75) is 6.92 Å². The maximum atomic E-state index is 11.3. The van der Waals surface area contributed by atoms with Gasteiger partial charge in [-0.15, -0.1) is 0 Å². The van der Waals surface area contributed by atoms with E-state index in [9.17, 15) is 4.21 Å². The second-order valence-corrected chi connectivity index (χ2v) is 6.30. The fourth-order valence-electron chi connectivity index (χ4n) is 1.65. The summed E-state index contributed by atoms with van der Waals surface area (Å²) >= 11 is 3.52. The van der Waals surface area contributed by atoms with Gasteiger partial charge in [0.05, 0.1) is 16.4 Å². The molecule has 2 N–H and O–H groups in total. The third-order valence-corrected chi connectivity index (χ3v) is 4.99. The molecule has 2 rings (SSSR count). The monoisotopic (exact) mass is 303 g/mol. The van der Waals surface area contributed by atoms with Crippen molar-refractivity contribution in [2.75, 3.05) is 35.2 Å². The minimum atomic E-state index is -0.660. The SMILES string of the molecule is Cc1c(N)cnc(N2CCS(=O)CC2)c1Br. The molecule has 16 heavy (non-hydrogen) atoms. The lowest BCUT2D eigenvalue weighted by atomic mass is 10.2. The number of halogens is 1. The van der Waals surface area contributed by atoms with Crippen LogP contribution in [0.4, 0.5) is 11.5 Å². The van der Waals surface area contributed by atoms with Crippen LogP contribution in [-0.4, -0.2) is 33.8 Å². The molecule has 1 aromatic rings. The molecule has 0 unspecified atom stereocenters. The lowest BCUT2D eigenvalue weighted by Gasteiger charge is -2.28. The number of pyridine rings is 1. The van der Waals surface area contributed by atoms with E-state index in [1.54, 1.807) is 6.20 Å².